The second-order valence-corrected chi connectivity index (χ2v) is 7.70. The van der Waals surface area contributed by atoms with Gasteiger partial charge >= 0.3 is 0 Å². The predicted octanol–water partition coefficient (Wildman–Crippen LogP) is 5.17. The first-order valence-corrected chi connectivity index (χ1v) is 9.20. The van der Waals surface area contributed by atoms with Gasteiger partial charge in [0.05, 0.1) is 4.88 Å². The van der Waals surface area contributed by atoms with Crippen molar-refractivity contribution in [2.75, 3.05) is 5.32 Å². The molecule has 0 aliphatic carbocycles. The standard InChI is InChI=1S/C18H18N2OS2/c1-12(2)14-7-5-13(6-8-14)10-15-11-19-18(23-15)20-17(21)16-4-3-9-22-16/h3-9,11-12H,10H2,1-2H3,(H,19,20,21). The van der Waals surface area contributed by atoms with Crippen molar-refractivity contribution in [3.63, 3.8) is 0 Å². The summed E-state index contributed by atoms with van der Waals surface area (Å²) in [7, 11) is 0. The number of carbonyl (C=O) groups is 1. The molecule has 0 radical (unpaired) electrons. The summed E-state index contributed by atoms with van der Waals surface area (Å²) in [5.41, 5.74) is 2.61. The van der Waals surface area contributed by atoms with Crippen molar-refractivity contribution in [2.24, 2.45) is 0 Å². The van der Waals surface area contributed by atoms with Gasteiger partial charge in [-0.05, 0) is 28.5 Å². The first-order chi connectivity index (χ1) is 11.1. The maximum Gasteiger partial charge on any atom is 0.267 e. The minimum Gasteiger partial charge on any atom is -0.297 e. The molecule has 2 aromatic heterocycles. The molecule has 23 heavy (non-hydrogen) atoms. The Kier molecular flexibility index (Phi) is 4.88. The Labute approximate surface area is 144 Å². The van der Waals surface area contributed by atoms with Crippen LogP contribution >= 0.6 is 22.7 Å². The van der Waals surface area contributed by atoms with Gasteiger partial charge in [-0.2, -0.15) is 0 Å². The van der Waals surface area contributed by atoms with Gasteiger partial charge in [-0.3, -0.25) is 10.1 Å². The number of benzene rings is 1. The fraction of sp³-hybridized carbons (Fsp3) is 0.222. The van der Waals surface area contributed by atoms with Gasteiger partial charge in [0.2, 0.25) is 0 Å². The smallest absolute Gasteiger partial charge is 0.267 e. The van der Waals surface area contributed by atoms with Crippen molar-refractivity contribution in [2.45, 2.75) is 26.2 Å². The number of nitrogens with one attached hydrogen (secondary N) is 1. The number of hydrogen-bond donors (Lipinski definition) is 1. The highest BCUT2D eigenvalue weighted by Gasteiger charge is 2.10. The van der Waals surface area contributed by atoms with Crippen LogP contribution < -0.4 is 5.32 Å². The molecule has 0 unspecified atom stereocenters. The van der Waals surface area contributed by atoms with Crippen LogP contribution in [0.1, 0.15) is 45.4 Å². The lowest BCUT2D eigenvalue weighted by Crippen LogP contribution is -2.09. The molecule has 5 heteroatoms. The van der Waals surface area contributed by atoms with Crippen molar-refractivity contribution >= 4 is 33.7 Å². The van der Waals surface area contributed by atoms with Crippen LogP contribution in [-0.4, -0.2) is 10.9 Å². The quantitative estimate of drug-likeness (QED) is 0.695. The molecular formula is C18H18N2OS2. The number of amides is 1. The van der Waals surface area contributed by atoms with E-state index in [1.165, 1.54) is 33.8 Å². The number of anilines is 1. The van der Waals surface area contributed by atoms with Gasteiger partial charge in [0.1, 0.15) is 0 Å². The van der Waals surface area contributed by atoms with Crippen molar-refractivity contribution in [3.8, 4) is 0 Å². The lowest BCUT2D eigenvalue weighted by atomic mass is 10.0. The van der Waals surface area contributed by atoms with Crippen molar-refractivity contribution < 1.29 is 4.79 Å². The van der Waals surface area contributed by atoms with Gasteiger partial charge in [-0.15, -0.1) is 22.7 Å². The van der Waals surface area contributed by atoms with Gasteiger partial charge < -0.3 is 0 Å². The van der Waals surface area contributed by atoms with Crippen molar-refractivity contribution in [1.82, 2.24) is 4.98 Å². The number of carbonyl (C=O) groups excluding carboxylic acids is 1. The van der Waals surface area contributed by atoms with Crippen molar-refractivity contribution in [1.29, 1.82) is 0 Å². The number of hydrogen-bond acceptors (Lipinski definition) is 4. The zero-order valence-electron chi connectivity index (χ0n) is 13.1. The molecule has 0 bridgehead atoms. The monoisotopic (exact) mass is 342 g/mol. The summed E-state index contributed by atoms with van der Waals surface area (Å²) < 4.78 is 0. The van der Waals surface area contributed by atoms with Gasteiger partial charge in [-0.25, -0.2) is 4.98 Å². The van der Waals surface area contributed by atoms with E-state index in [1.807, 2.05) is 23.7 Å². The topological polar surface area (TPSA) is 42.0 Å². The molecule has 3 rings (SSSR count). The minimum atomic E-state index is -0.0952. The Bertz CT molecular complexity index is 774. The lowest BCUT2D eigenvalue weighted by Gasteiger charge is -2.06. The van der Waals surface area contributed by atoms with Crippen LogP contribution in [0.5, 0.6) is 0 Å². The maximum absolute atomic E-state index is 12.0. The summed E-state index contributed by atoms with van der Waals surface area (Å²) in [6.07, 6.45) is 2.68. The van der Waals surface area contributed by atoms with E-state index in [1.54, 1.807) is 0 Å². The largest absolute Gasteiger partial charge is 0.297 e. The average molecular weight is 342 g/mol. The van der Waals surface area contributed by atoms with Crippen LogP contribution in [0.3, 0.4) is 0 Å². The molecule has 2 heterocycles. The average Bonchev–Trinajstić information content (AvgIpc) is 3.19. The molecule has 118 valence electrons. The van der Waals surface area contributed by atoms with Gasteiger partial charge in [-0.1, -0.05) is 44.2 Å². The second-order valence-electron chi connectivity index (χ2n) is 5.64. The van der Waals surface area contributed by atoms with E-state index in [0.717, 1.165) is 11.3 Å². The number of rotatable bonds is 5. The van der Waals surface area contributed by atoms with Crippen LogP contribution in [0, 0.1) is 0 Å². The Morgan fingerprint density at radius 2 is 2.00 bits per heavy atom. The first-order valence-electron chi connectivity index (χ1n) is 7.50. The zero-order chi connectivity index (χ0) is 16.2. The molecule has 1 aromatic carbocycles. The number of aromatic nitrogens is 1. The van der Waals surface area contributed by atoms with Crippen LogP contribution in [0.15, 0.2) is 48.0 Å². The summed E-state index contributed by atoms with van der Waals surface area (Å²) in [5.74, 6) is 0.453. The Morgan fingerprint density at radius 3 is 2.65 bits per heavy atom. The van der Waals surface area contributed by atoms with E-state index < -0.39 is 0 Å². The van der Waals surface area contributed by atoms with E-state index in [9.17, 15) is 4.79 Å². The molecule has 0 saturated heterocycles. The predicted molar refractivity (Wildman–Crippen MR) is 97.7 cm³/mol. The molecule has 0 aliphatic rings. The van der Waals surface area contributed by atoms with Crippen LogP contribution in [-0.2, 0) is 6.42 Å². The third kappa shape index (κ3) is 4.06. The molecule has 1 amide bonds. The van der Waals surface area contributed by atoms with Crippen LogP contribution in [0.2, 0.25) is 0 Å². The number of thiazole rings is 1. The van der Waals surface area contributed by atoms with Crippen LogP contribution in [0.4, 0.5) is 5.13 Å². The SMILES string of the molecule is CC(C)c1ccc(Cc2cnc(NC(=O)c3cccs3)s2)cc1. The summed E-state index contributed by atoms with van der Waals surface area (Å²) in [4.78, 5) is 18.2. The number of nitrogens with zero attached hydrogens (tertiary/aromatic N) is 1. The molecule has 0 atom stereocenters. The zero-order valence-corrected chi connectivity index (χ0v) is 14.7. The molecule has 1 N–H and O–H groups in total. The molecule has 0 fully saturated rings. The fourth-order valence-electron chi connectivity index (χ4n) is 2.24. The van der Waals surface area contributed by atoms with E-state index in [-0.39, 0.29) is 5.91 Å². The highest BCUT2D eigenvalue weighted by Crippen LogP contribution is 2.23. The van der Waals surface area contributed by atoms with E-state index in [2.05, 4.69) is 48.4 Å². The third-order valence-corrected chi connectivity index (χ3v) is 5.33. The Balaban J connectivity index is 1.64. The van der Waals surface area contributed by atoms with Gasteiger partial charge in [0, 0.05) is 17.5 Å². The molecule has 3 aromatic rings. The van der Waals surface area contributed by atoms with E-state index in [4.69, 9.17) is 0 Å². The minimum absolute atomic E-state index is 0.0952. The van der Waals surface area contributed by atoms with Crippen LogP contribution in [0.25, 0.3) is 0 Å². The fourth-order valence-corrected chi connectivity index (χ4v) is 3.70. The normalized spacial score (nSPS) is 10.9. The summed E-state index contributed by atoms with van der Waals surface area (Å²) in [6, 6.07) is 12.4. The summed E-state index contributed by atoms with van der Waals surface area (Å²) >= 11 is 2.95. The summed E-state index contributed by atoms with van der Waals surface area (Å²) in [6.45, 7) is 4.39. The molecule has 0 spiro atoms. The van der Waals surface area contributed by atoms with E-state index in [0.29, 0.717) is 15.9 Å². The van der Waals surface area contributed by atoms with Gasteiger partial charge in [0.25, 0.3) is 5.91 Å². The third-order valence-electron chi connectivity index (χ3n) is 3.54. The molecule has 0 aliphatic heterocycles. The highest BCUT2D eigenvalue weighted by molar-refractivity contribution is 7.16. The summed E-state index contributed by atoms with van der Waals surface area (Å²) in [5, 5.41) is 5.40. The first kappa shape index (κ1) is 15.9. The highest BCUT2D eigenvalue weighted by atomic mass is 32.1. The van der Waals surface area contributed by atoms with E-state index >= 15 is 0 Å². The number of thiophene rings is 1. The maximum atomic E-state index is 12.0. The molecule has 3 nitrogen and oxygen atoms in total. The Morgan fingerprint density at radius 1 is 1.22 bits per heavy atom. The Hall–Kier alpha value is -1.98. The molecule has 0 saturated carbocycles. The lowest BCUT2D eigenvalue weighted by molar-refractivity contribution is 0.103. The van der Waals surface area contributed by atoms with Crippen molar-refractivity contribution in [3.05, 3.63) is 68.9 Å². The second kappa shape index (κ2) is 7.06. The van der Waals surface area contributed by atoms with Gasteiger partial charge in [0.15, 0.2) is 5.13 Å². The molecular weight excluding hydrogens is 324 g/mol.